The Kier molecular flexibility index (Phi) is 11.4. The van der Waals surface area contributed by atoms with Gasteiger partial charge in [-0.25, -0.2) is 0 Å². The number of hydrogen-bond acceptors (Lipinski definition) is 7. The van der Waals surface area contributed by atoms with Crippen molar-refractivity contribution in [1.29, 1.82) is 5.41 Å². The summed E-state index contributed by atoms with van der Waals surface area (Å²) in [6.45, 7) is 4.36. The number of methoxy groups -OCH3 is 3. The average molecular weight is 608 g/mol. The van der Waals surface area contributed by atoms with E-state index in [9.17, 15) is 9.59 Å². The smallest absolute Gasteiger partial charge is 0.228 e. The van der Waals surface area contributed by atoms with Crippen LogP contribution in [-0.2, 0) is 15.6 Å². The van der Waals surface area contributed by atoms with Crippen molar-refractivity contribution in [2.24, 2.45) is 5.73 Å². The molecule has 9 heteroatoms. The maximum absolute atomic E-state index is 13.5. The van der Waals surface area contributed by atoms with E-state index in [0.29, 0.717) is 35.7 Å². The lowest BCUT2D eigenvalue weighted by Gasteiger charge is -2.41. The number of likely N-dealkylation sites (tertiary alicyclic amines) is 1. The Morgan fingerprint density at radius 3 is 1.93 bits per heavy atom. The Balaban J connectivity index is 0.00000506. The van der Waals surface area contributed by atoms with Crippen molar-refractivity contribution in [1.82, 2.24) is 4.90 Å². The Labute approximate surface area is 260 Å². The van der Waals surface area contributed by atoms with Gasteiger partial charge in [-0.3, -0.25) is 9.59 Å². The van der Waals surface area contributed by atoms with Crippen LogP contribution in [0.1, 0.15) is 54.1 Å². The van der Waals surface area contributed by atoms with Crippen LogP contribution in [0.2, 0.25) is 0 Å². The molecule has 1 heterocycles. The second-order valence-electron chi connectivity index (χ2n) is 11.2. The van der Waals surface area contributed by atoms with Crippen LogP contribution in [-0.4, -0.2) is 63.3 Å². The summed E-state index contributed by atoms with van der Waals surface area (Å²) in [6.07, 6.45) is 2.31. The largest absolute Gasteiger partial charge is 0.493 e. The Morgan fingerprint density at radius 2 is 1.44 bits per heavy atom. The molecule has 8 nitrogen and oxygen atoms in total. The van der Waals surface area contributed by atoms with Crippen molar-refractivity contribution < 1.29 is 23.8 Å². The van der Waals surface area contributed by atoms with Crippen LogP contribution in [0.15, 0.2) is 72.8 Å². The number of primary amides is 1. The number of nitrogens with zero attached hydrogens (tertiary/aromatic N) is 1. The van der Waals surface area contributed by atoms with Gasteiger partial charge in [0.1, 0.15) is 0 Å². The van der Waals surface area contributed by atoms with Crippen molar-refractivity contribution in [2.75, 3.05) is 41.0 Å². The molecular formula is C34H42ClN3O5. The zero-order valence-electron chi connectivity index (χ0n) is 25.4. The highest BCUT2D eigenvalue weighted by Crippen LogP contribution is 2.40. The van der Waals surface area contributed by atoms with E-state index in [4.69, 9.17) is 25.4 Å². The van der Waals surface area contributed by atoms with Crippen LogP contribution >= 0.6 is 12.4 Å². The molecule has 0 saturated carbocycles. The van der Waals surface area contributed by atoms with Crippen LogP contribution in [0.25, 0.3) is 0 Å². The molecule has 1 aliphatic heterocycles. The van der Waals surface area contributed by atoms with Crippen molar-refractivity contribution >= 4 is 29.8 Å². The van der Waals surface area contributed by atoms with Gasteiger partial charge in [0.25, 0.3) is 0 Å². The lowest BCUT2D eigenvalue weighted by molar-refractivity contribution is -0.125. The first-order chi connectivity index (χ1) is 20.2. The molecule has 43 heavy (non-hydrogen) atoms. The molecule has 1 aliphatic rings. The molecular weight excluding hydrogens is 566 g/mol. The van der Waals surface area contributed by atoms with Gasteiger partial charge in [0, 0.05) is 12.0 Å². The minimum atomic E-state index is -0.657. The lowest BCUT2D eigenvalue weighted by atomic mass is 9.71. The third-order valence-electron chi connectivity index (χ3n) is 8.73. The zero-order valence-corrected chi connectivity index (χ0v) is 26.2. The number of ketones is 1. The van der Waals surface area contributed by atoms with Gasteiger partial charge in [0.2, 0.25) is 17.4 Å². The van der Waals surface area contributed by atoms with Crippen molar-refractivity contribution in [3.63, 3.8) is 0 Å². The third-order valence-corrected chi connectivity index (χ3v) is 8.73. The quantitative estimate of drug-likeness (QED) is 0.193. The van der Waals surface area contributed by atoms with Crippen molar-refractivity contribution in [3.05, 3.63) is 89.5 Å². The number of ether oxygens (including phenoxy) is 3. The molecule has 1 unspecified atom stereocenters. The van der Waals surface area contributed by atoms with Crippen LogP contribution < -0.4 is 19.9 Å². The van der Waals surface area contributed by atoms with E-state index in [0.717, 1.165) is 37.2 Å². The summed E-state index contributed by atoms with van der Waals surface area (Å²) in [4.78, 5) is 28.5. The van der Waals surface area contributed by atoms with E-state index in [-0.39, 0.29) is 36.2 Å². The number of nitrogens with one attached hydrogen (secondary N) is 1. The molecule has 3 aromatic carbocycles. The van der Waals surface area contributed by atoms with Crippen molar-refractivity contribution in [3.8, 4) is 17.2 Å². The number of halogens is 1. The first-order valence-corrected chi connectivity index (χ1v) is 14.2. The molecule has 230 valence electrons. The Bertz CT molecular complexity index is 1380. The standard InChI is InChI=1S/C34H41N3O5.ClH/c1-33(25-11-7-5-8-12-25,23-27(35)30(38)24-21-28(40-2)31(42-4)29(22-24)41-3)15-18-37-19-16-34(17-20-37,32(36)39)26-13-9-6-10-14-26;/h5-14,21-22,35H,15-20,23H2,1-4H3,(H2,36,39);1H. The van der Waals surface area contributed by atoms with Gasteiger partial charge in [-0.1, -0.05) is 67.6 Å². The number of benzene rings is 3. The number of piperidine rings is 1. The number of nitrogens with two attached hydrogens (primary N) is 1. The number of hydrogen-bond donors (Lipinski definition) is 2. The molecule has 0 aliphatic carbocycles. The van der Waals surface area contributed by atoms with Gasteiger partial charge in [-0.2, -0.15) is 0 Å². The zero-order chi connectivity index (χ0) is 30.3. The fourth-order valence-corrected chi connectivity index (χ4v) is 6.03. The molecule has 1 fully saturated rings. The highest BCUT2D eigenvalue weighted by atomic mass is 35.5. The van der Waals surface area contributed by atoms with Crippen LogP contribution in [0, 0.1) is 5.41 Å². The number of rotatable bonds is 13. The summed E-state index contributed by atoms with van der Waals surface area (Å²) in [5, 5.41) is 8.88. The van der Waals surface area contributed by atoms with Crippen LogP contribution in [0.4, 0.5) is 0 Å². The monoisotopic (exact) mass is 607 g/mol. The minimum absolute atomic E-state index is 0. The van der Waals surface area contributed by atoms with Gasteiger partial charge >= 0.3 is 0 Å². The number of carbonyl (C=O) groups is 2. The molecule has 3 aromatic rings. The van der Waals surface area contributed by atoms with Gasteiger partial charge in [0.05, 0.1) is 32.5 Å². The molecule has 3 N–H and O–H groups in total. The normalized spacial score (nSPS) is 15.8. The van der Waals surface area contributed by atoms with E-state index in [2.05, 4.69) is 24.0 Å². The highest BCUT2D eigenvalue weighted by Gasteiger charge is 2.42. The lowest BCUT2D eigenvalue weighted by Crippen LogP contribution is -2.50. The van der Waals surface area contributed by atoms with Gasteiger partial charge in [0.15, 0.2) is 11.5 Å². The number of carbonyl (C=O) groups excluding carboxylic acids is 2. The second kappa shape index (κ2) is 14.5. The molecule has 1 amide bonds. The van der Waals surface area contributed by atoms with Gasteiger partial charge in [-0.05, 0) is 67.6 Å². The van der Waals surface area contributed by atoms with Crippen LogP contribution in [0.5, 0.6) is 17.2 Å². The molecule has 1 atom stereocenters. The Hall–Kier alpha value is -3.88. The van der Waals surface area contributed by atoms with E-state index < -0.39 is 10.8 Å². The van der Waals surface area contributed by atoms with Gasteiger partial charge < -0.3 is 30.3 Å². The van der Waals surface area contributed by atoms with Crippen molar-refractivity contribution in [2.45, 2.75) is 43.4 Å². The van der Waals surface area contributed by atoms with E-state index in [1.54, 1.807) is 12.1 Å². The summed E-state index contributed by atoms with van der Waals surface area (Å²) in [5.74, 6) is 0.467. The topological polar surface area (TPSA) is 115 Å². The summed E-state index contributed by atoms with van der Waals surface area (Å²) in [6, 6.07) is 23.1. The molecule has 4 rings (SSSR count). The first kappa shape index (κ1) is 33.6. The minimum Gasteiger partial charge on any atom is -0.493 e. The maximum Gasteiger partial charge on any atom is 0.228 e. The van der Waals surface area contributed by atoms with Crippen LogP contribution in [0.3, 0.4) is 0 Å². The fraction of sp³-hybridized carbons (Fsp3) is 0.382. The maximum atomic E-state index is 13.5. The predicted octanol–water partition coefficient (Wildman–Crippen LogP) is 5.59. The number of amides is 1. The summed E-state index contributed by atoms with van der Waals surface area (Å²) >= 11 is 0. The molecule has 1 saturated heterocycles. The SMILES string of the molecule is COc1cc(C(=O)C(=N)CC(C)(CCN2CCC(C(N)=O)(c3ccccc3)CC2)c2ccccc2)cc(OC)c1OC.Cl. The fourth-order valence-electron chi connectivity index (χ4n) is 6.03. The predicted molar refractivity (Wildman–Crippen MR) is 171 cm³/mol. The summed E-state index contributed by atoms with van der Waals surface area (Å²) in [7, 11) is 4.50. The Morgan fingerprint density at radius 1 is 0.907 bits per heavy atom. The first-order valence-electron chi connectivity index (χ1n) is 14.2. The molecule has 0 spiro atoms. The van der Waals surface area contributed by atoms with E-state index >= 15 is 0 Å². The number of Topliss-reactive ketones (excluding diaryl/α,β-unsaturated/α-hetero) is 1. The highest BCUT2D eigenvalue weighted by molar-refractivity contribution is 6.45. The second-order valence-corrected chi connectivity index (χ2v) is 11.2. The molecule has 0 bridgehead atoms. The summed E-state index contributed by atoms with van der Waals surface area (Å²) < 4.78 is 16.2. The van der Waals surface area contributed by atoms with E-state index in [1.807, 2.05) is 48.5 Å². The molecule has 0 radical (unpaired) electrons. The van der Waals surface area contributed by atoms with E-state index in [1.165, 1.54) is 21.3 Å². The average Bonchev–Trinajstić information content (AvgIpc) is 3.03. The molecule has 0 aromatic heterocycles. The van der Waals surface area contributed by atoms with Gasteiger partial charge in [-0.15, -0.1) is 12.4 Å². The summed E-state index contributed by atoms with van der Waals surface area (Å²) in [5.41, 5.74) is 7.19. The third kappa shape index (κ3) is 7.20.